The molecular formula is C18H29N3O2S. The first-order chi connectivity index (χ1) is 11.7. The minimum atomic E-state index is 0.505. The molecule has 0 amide bonds. The van der Waals surface area contributed by atoms with E-state index >= 15 is 0 Å². The van der Waals surface area contributed by atoms with Crippen LogP contribution in [0.4, 0.5) is 0 Å². The lowest BCUT2D eigenvalue weighted by Crippen LogP contribution is -2.31. The van der Waals surface area contributed by atoms with E-state index in [-0.39, 0.29) is 0 Å². The normalized spacial score (nSPS) is 10.6. The monoisotopic (exact) mass is 351 g/mol. The summed E-state index contributed by atoms with van der Waals surface area (Å²) in [5, 5.41) is 7.59. The molecule has 0 radical (unpaired) electrons. The maximum atomic E-state index is 5.85. The van der Waals surface area contributed by atoms with E-state index in [2.05, 4.69) is 22.8 Å². The van der Waals surface area contributed by atoms with Crippen LogP contribution >= 0.6 is 12.2 Å². The van der Waals surface area contributed by atoms with E-state index in [1.165, 1.54) is 19.3 Å². The highest BCUT2D eigenvalue weighted by molar-refractivity contribution is 7.80. The summed E-state index contributed by atoms with van der Waals surface area (Å²) >= 11 is 5.05. The van der Waals surface area contributed by atoms with E-state index in [1.54, 1.807) is 6.21 Å². The van der Waals surface area contributed by atoms with Gasteiger partial charge in [-0.05, 0) is 56.2 Å². The quantitative estimate of drug-likeness (QED) is 0.274. The number of hydrogen-bond acceptors (Lipinski definition) is 4. The lowest BCUT2D eigenvalue weighted by atomic mass is 10.2. The second-order valence-corrected chi connectivity index (χ2v) is 5.69. The number of hydrogen-bond donors (Lipinski definition) is 2. The summed E-state index contributed by atoms with van der Waals surface area (Å²) in [5.41, 5.74) is 3.69. The minimum Gasteiger partial charge on any atom is -0.490 e. The Morgan fingerprint density at radius 1 is 1.12 bits per heavy atom. The smallest absolute Gasteiger partial charge is 0.186 e. The van der Waals surface area contributed by atoms with Crippen molar-refractivity contribution >= 4 is 23.5 Å². The lowest BCUT2D eigenvalue weighted by Gasteiger charge is -2.12. The van der Waals surface area contributed by atoms with Crippen LogP contribution in [0, 0.1) is 0 Å². The summed E-state index contributed by atoms with van der Waals surface area (Å²) in [4.78, 5) is 0. The van der Waals surface area contributed by atoms with Gasteiger partial charge in [0.15, 0.2) is 16.6 Å². The molecule has 5 nitrogen and oxygen atoms in total. The second kappa shape index (κ2) is 12.6. The number of thiocarbonyl (C=S) groups is 1. The number of ether oxygens (including phenoxy) is 2. The summed E-state index contributed by atoms with van der Waals surface area (Å²) in [6.45, 7) is 8.21. The Kier molecular flexibility index (Phi) is 10.6. The summed E-state index contributed by atoms with van der Waals surface area (Å²) < 4.78 is 11.5. The zero-order valence-corrected chi connectivity index (χ0v) is 15.7. The van der Waals surface area contributed by atoms with Gasteiger partial charge in [-0.3, -0.25) is 5.43 Å². The second-order valence-electron chi connectivity index (χ2n) is 5.28. The molecular weight excluding hydrogens is 322 g/mol. The molecule has 1 aromatic rings. The molecule has 24 heavy (non-hydrogen) atoms. The van der Waals surface area contributed by atoms with Crippen molar-refractivity contribution in [3.8, 4) is 11.5 Å². The van der Waals surface area contributed by atoms with E-state index in [1.807, 2.05) is 32.0 Å². The van der Waals surface area contributed by atoms with Gasteiger partial charge in [0.05, 0.1) is 19.4 Å². The van der Waals surface area contributed by atoms with Crippen LogP contribution in [0.2, 0.25) is 0 Å². The van der Waals surface area contributed by atoms with Crippen molar-refractivity contribution in [1.82, 2.24) is 10.7 Å². The molecule has 0 heterocycles. The molecule has 0 aliphatic rings. The van der Waals surface area contributed by atoms with Crippen molar-refractivity contribution in [1.29, 1.82) is 0 Å². The summed E-state index contributed by atoms with van der Waals surface area (Å²) in [7, 11) is 0. The molecule has 1 rings (SSSR count). The third-order valence-corrected chi connectivity index (χ3v) is 3.48. The van der Waals surface area contributed by atoms with Crippen LogP contribution < -0.4 is 20.2 Å². The fourth-order valence-electron chi connectivity index (χ4n) is 2.07. The van der Waals surface area contributed by atoms with Gasteiger partial charge in [-0.15, -0.1) is 0 Å². The van der Waals surface area contributed by atoms with E-state index in [4.69, 9.17) is 21.7 Å². The van der Waals surface area contributed by atoms with E-state index < -0.39 is 0 Å². The number of rotatable bonds is 11. The van der Waals surface area contributed by atoms with Crippen molar-refractivity contribution < 1.29 is 9.47 Å². The predicted octanol–water partition coefficient (Wildman–Crippen LogP) is 3.86. The lowest BCUT2D eigenvalue weighted by molar-refractivity contribution is 0.270. The molecule has 0 aliphatic heterocycles. The molecule has 0 saturated carbocycles. The molecule has 0 fully saturated rings. The first kappa shape index (κ1) is 20.2. The number of unbranched alkanes of at least 4 members (excludes halogenated alkanes) is 3. The van der Waals surface area contributed by atoms with Gasteiger partial charge in [-0.2, -0.15) is 5.10 Å². The van der Waals surface area contributed by atoms with Crippen molar-refractivity contribution in [2.45, 2.75) is 46.5 Å². The first-order valence-corrected chi connectivity index (χ1v) is 9.08. The van der Waals surface area contributed by atoms with Gasteiger partial charge in [-0.1, -0.05) is 26.2 Å². The Morgan fingerprint density at radius 2 is 1.96 bits per heavy atom. The largest absolute Gasteiger partial charge is 0.490 e. The van der Waals surface area contributed by atoms with E-state index in [0.29, 0.717) is 18.3 Å². The van der Waals surface area contributed by atoms with Crippen LogP contribution in [0.1, 0.15) is 52.0 Å². The topological polar surface area (TPSA) is 54.9 Å². The SMILES string of the molecule is CCCCCCOc1ccc(C=NNC(=S)NCC)cc1OCC. The van der Waals surface area contributed by atoms with Gasteiger partial charge in [0.25, 0.3) is 0 Å². The molecule has 0 atom stereocenters. The Hall–Kier alpha value is -1.82. The number of benzene rings is 1. The zero-order chi connectivity index (χ0) is 17.6. The van der Waals surface area contributed by atoms with Gasteiger partial charge < -0.3 is 14.8 Å². The van der Waals surface area contributed by atoms with Crippen molar-refractivity contribution in [2.75, 3.05) is 19.8 Å². The summed E-state index contributed by atoms with van der Waals surface area (Å²) in [6, 6.07) is 5.80. The minimum absolute atomic E-state index is 0.505. The molecule has 1 aromatic carbocycles. The van der Waals surface area contributed by atoms with Crippen LogP contribution in [0.3, 0.4) is 0 Å². The summed E-state index contributed by atoms with van der Waals surface area (Å²) in [6.07, 6.45) is 6.44. The van der Waals surface area contributed by atoms with Crippen LogP contribution in [0.15, 0.2) is 23.3 Å². The molecule has 0 unspecified atom stereocenters. The standard InChI is InChI=1S/C18H29N3O2S/c1-4-7-8-9-12-23-16-11-10-15(13-17(16)22-6-3)14-20-21-18(24)19-5-2/h10-11,13-14H,4-9,12H2,1-3H3,(H2,19,21,24). The van der Waals surface area contributed by atoms with E-state index in [0.717, 1.165) is 30.0 Å². The molecule has 134 valence electrons. The molecule has 0 aromatic heterocycles. The van der Waals surface area contributed by atoms with Crippen molar-refractivity contribution in [3.63, 3.8) is 0 Å². The third-order valence-electron chi connectivity index (χ3n) is 3.24. The van der Waals surface area contributed by atoms with Gasteiger partial charge >= 0.3 is 0 Å². The number of nitrogens with one attached hydrogen (secondary N) is 2. The number of hydrazone groups is 1. The molecule has 0 spiro atoms. The highest BCUT2D eigenvalue weighted by atomic mass is 32.1. The molecule has 2 N–H and O–H groups in total. The van der Waals surface area contributed by atoms with Crippen LogP contribution in [-0.2, 0) is 0 Å². The Labute approximate surface area is 150 Å². The Morgan fingerprint density at radius 3 is 2.67 bits per heavy atom. The molecule has 0 saturated heterocycles. The van der Waals surface area contributed by atoms with Crippen LogP contribution in [0.25, 0.3) is 0 Å². The fraction of sp³-hybridized carbons (Fsp3) is 0.556. The Bertz CT molecular complexity index is 521. The highest BCUT2D eigenvalue weighted by Crippen LogP contribution is 2.28. The first-order valence-electron chi connectivity index (χ1n) is 8.67. The van der Waals surface area contributed by atoms with Crippen molar-refractivity contribution in [3.05, 3.63) is 23.8 Å². The van der Waals surface area contributed by atoms with Gasteiger partial charge in [0.1, 0.15) is 0 Å². The fourth-order valence-corrected chi connectivity index (χ4v) is 2.27. The number of nitrogens with zero attached hydrogens (tertiary/aromatic N) is 1. The Balaban J connectivity index is 2.61. The molecule has 0 aliphatic carbocycles. The highest BCUT2D eigenvalue weighted by Gasteiger charge is 2.06. The maximum Gasteiger partial charge on any atom is 0.186 e. The van der Waals surface area contributed by atoms with Gasteiger partial charge in [-0.25, -0.2) is 0 Å². The molecule has 6 heteroatoms. The van der Waals surface area contributed by atoms with Gasteiger partial charge in [0, 0.05) is 6.54 Å². The third kappa shape index (κ3) is 8.15. The maximum absolute atomic E-state index is 5.85. The van der Waals surface area contributed by atoms with Gasteiger partial charge in [0.2, 0.25) is 0 Å². The molecule has 0 bridgehead atoms. The van der Waals surface area contributed by atoms with Crippen LogP contribution in [-0.4, -0.2) is 31.1 Å². The average Bonchev–Trinajstić information content (AvgIpc) is 2.57. The van der Waals surface area contributed by atoms with Crippen LogP contribution in [0.5, 0.6) is 11.5 Å². The predicted molar refractivity (Wildman–Crippen MR) is 104 cm³/mol. The zero-order valence-electron chi connectivity index (χ0n) is 14.9. The van der Waals surface area contributed by atoms with Crippen molar-refractivity contribution in [2.24, 2.45) is 5.10 Å². The average molecular weight is 352 g/mol. The van der Waals surface area contributed by atoms with E-state index in [9.17, 15) is 0 Å². The summed E-state index contributed by atoms with van der Waals surface area (Å²) in [5.74, 6) is 1.52.